The van der Waals surface area contributed by atoms with E-state index in [2.05, 4.69) is 36.2 Å². The second-order valence-electron chi connectivity index (χ2n) is 4.26. The number of likely N-dealkylation sites (tertiary alicyclic amines) is 1. The van der Waals surface area contributed by atoms with E-state index in [1.165, 1.54) is 17.5 Å². The molecule has 14 heavy (non-hydrogen) atoms. The zero-order chi connectivity index (χ0) is 9.60. The molecule has 0 aliphatic carbocycles. The number of ether oxygens (including phenoxy) is 1. The van der Waals surface area contributed by atoms with E-state index in [4.69, 9.17) is 4.74 Å². The van der Waals surface area contributed by atoms with Gasteiger partial charge < -0.3 is 4.74 Å². The average Bonchev–Trinajstić information content (AvgIpc) is 2.76. The fraction of sp³-hybridized carbons (Fsp3) is 0.500. The predicted molar refractivity (Wildman–Crippen MR) is 54.8 cm³/mol. The molecule has 1 saturated heterocycles. The lowest BCUT2D eigenvalue weighted by atomic mass is 9.98. The highest BCUT2D eigenvalue weighted by Crippen LogP contribution is 2.45. The maximum absolute atomic E-state index is 6.01. The molecule has 1 spiro atoms. The van der Waals surface area contributed by atoms with Crippen molar-refractivity contribution in [2.24, 2.45) is 0 Å². The van der Waals surface area contributed by atoms with Gasteiger partial charge in [0.15, 0.2) is 0 Å². The van der Waals surface area contributed by atoms with Gasteiger partial charge in [-0.3, -0.25) is 4.90 Å². The summed E-state index contributed by atoms with van der Waals surface area (Å²) in [4.78, 5) is 2.35. The van der Waals surface area contributed by atoms with Crippen molar-refractivity contribution in [3.63, 3.8) is 0 Å². The van der Waals surface area contributed by atoms with Crippen molar-refractivity contribution in [1.29, 1.82) is 0 Å². The van der Waals surface area contributed by atoms with Crippen LogP contribution in [0.15, 0.2) is 24.3 Å². The fourth-order valence-corrected chi connectivity index (χ4v) is 2.75. The van der Waals surface area contributed by atoms with Crippen molar-refractivity contribution < 1.29 is 4.74 Å². The Kier molecular flexibility index (Phi) is 1.70. The van der Waals surface area contributed by atoms with Crippen molar-refractivity contribution in [3.8, 4) is 0 Å². The second-order valence-corrected chi connectivity index (χ2v) is 4.26. The van der Waals surface area contributed by atoms with E-state index in [1.54, 1.807) is 0 Å². The largest absolute Gasteiger partial charge is 0.351 e. The van der Waals surface area contributed by atoms with Crippen LogP contribution >= 0.6 is 0 Å². The minimum atomic E-state index is -0.0867. The molecule has 1 atom stereocenters. The van der Waals surface area contributed by atoms with Crippen LogP contribution in [-0.2, 0) is 17.1 Å². The molecule has 2 heterocycles. The van der Waals surface area contributed by atoms with Crippen LogP contribution in [0.4, 0.5) is 0 Å². The van der Waals surface area contributed by atoms with Crippen LogP contribution in [0.1, 0.15) is 24.0 Å². The van der Waals surface area contributed by atoms with Gasteiger partial charge in [0.1, 0.15) is 5.72 Å². The van der Waals surface area contributed by atoms with Crippen molar-refractivity contribution in [1.82, 2.24) is 4.90 Å². The Bertz CT molecular complexity index is 363. The van der Waals surface area contributed by atoms with E-state index in [-0.39, 0.29) is 5.72 Å². The highest BCUT2D eigenvalue weighted by molar-refractivity contribution is 5.35. The molecule has 0 aromatic heterocycles. The molecule has 2 heteroatoms. The van der Waals surface area contributed by atoms with Gasteiger partial charge in [-0.15, -0.1) is 0 Å². The zero-order valence-corrected chi connectivity index (χ0v) is 8.49. The molecule has 0 amide bonds. The lowest BCUT2D eigenvalue weighted by Gasteiger charge is -2.31. The molecule has 0 saturated carbocycles. The van der Waals surface area contributed by atoms with Crippen molar-refractivity contribution in [3.05, 3.63) is 35.4 Å². The number of rotatable bonds is 0. The summed E-state index contributed by atoms with van der Waals surface area (Å²) in [6.07, 6.45) is 2.38. The van der Waals surface area contributed by atoms with Crippen LogP contribution in [0.5, 0.6) is 0 Å². The molecule has 2 aliphatic heterocycles. The van der Waals surface area contributed by atoms with E-state index < -0.39 is 0 Å². The molecule has 2 aliphatic rings. The van der Waals surface area contributed by atoms with Crippen LogP contribution in [-0.4, -0.2) is 18.5 Å². The van der Waals surface area contributed by atoms with E-state index in [0.29, 0.717) is 0 Å². The molecule has 1 aromatic carbocycles. The van der Waals surface area contributed by atoms with Crippen molar-refractivity contribution >= 4 is 0 Å². The van der Waals surface area contributed by atoms with Gasteiger partial charge in [-0.25, -0.2) is 0 Å². The smallest absolute Gasteiger partial charge is 0.148 e. The molecule has 1 aromatic rings. The van der Waals surface area contributed by atoms with Crippen LogP contribution in [0, 0.1) is 0 Å². The summed E-state index contributed by atoms with van der Waals surface area (Å²) in [6, 6.07) is 8.60. The first-order chi connectivity index (χ1) is 6.83. The van der Waals surface area contributed by atoms with Crippen LogP contribution in [0.3, 0.4) is 0 Å². The lowest BCUT2D eigenvalue weighted by molar-refractivity contribution is -0.122. The quantitative estimate of drug-likeness (QED) is 0.619. The van der Waals surface area contributed by atoms with Crippen LogP contribution < -0.4 is 0 Å². The zero-order valence-electron chi connectivity index (χ0n) is 8.49. The van der Waals surface area contributed by atoms with Gasteiger partial charge >= 0.3 is 0 Å². The van der Waals surface area contributed by atoms with Gasteiger partial charge in [0, 0.05) is 12.1 Å². The van der Waals surface area contributed by atoms with E-state index >= 15 is 0 Å². The normalized spacial score (nSPS) is 31.2. The Morgan fingerprint density at radius 2 is 2.21 bits per heavy atom. The number of hydrogen-bond donors (Lipinski definition) is 0. The van der Waals surface area contributed by atoms with Crippen LogP contribution in [0.25, 0.3) is 0 Å². The van der Waals surface area contributed by atoms with Gasteiger partial charge in [0.25, 0.3) is 0 Å². The van der Waals surface area contributed by atoms with Gasteiger partial charge in [0.2, 0.25) is 0 Å². The third kappa shape index (κ3) is 0.928. The molecular weight excluding hydrogens is 174 g/mol. The van der Waals surface area contributed by atoms with E-state index in [1.807, 2.05) is 0 Å². The van der Waals surface area contributed by atoms with Gasteiger partial charge in [-0.2, -0.15) is 0 Å². The summed E-state index contributed by atoms with van der Waals surface area (Å²) in [6.45, 7) is 1.93. The average molecular weight is 189 g/mol. The van der Waals surface area contributed by atoms with Gasteiger partial charge in [-0.05, 0) is 25.5 Å². The molecular formula is C12H15NO. The van der Waals surface area contributed by atoms with Gasteiger partial charge in [-0.1, -0.05) is 24.3 Å². The SMILES string of the molecule is CN1CCCC12OCc1ccccc12. The monoisotopic (exact) mass is 189 g/mol. The highest BCUT2D eigenvalue weighted by Gasteiger charge is 2.46. The first-order valence-corrected chi connectivity index (χ1v) is 5.26. The summed E-state index contributed by atoms with van der Waals surface area (Å²) in [5.41, 5.74) is 2.66. The summed E-state index contributed by atoms with van der Waals surface area (Å²) < 4.78 is 6.01. The Hall–Kier alpha value is -0.860. The maximum atomic E-state index is 6.01. The van der Waals surface area contributed by atoms with Crippen LogP contribution in [0.2, 0.25) is 0 Å². The molecule has 0 radical (unpaired) electrons. The molecule has 1 fully saturated rings. The summed E-state index contributed by atoms with van der Waals surface area (Å²) >= 11 is 0. The standard InChI is InChI=1S/C12H15NO/c1-13-8-4-7-12(13)11-6-3-2-5-10(11)9-14-12/h2-3,5-6H,4,7-9H2,1H3. The Morgan fingerprint density at radius 3 is 3.00 bits per heavy atom. The summed E-state index contributed by atoms with van der Waals surface area (Å²) in [5.74, 6) is 0. The lowest BCUT2D eigenvalue weighted by Crippen LogP contribution is -2.37. The highest BCUT2D eigenvalue weighted by atomic mass is 16.5. The van der Waals surface area contributed by atoms with Gasteiger partial charge in [0.05, 0.1) is 6.61 Å². The Balaban J connectivity index is 2.12. The maximum Gasteiger partial charge on any atom is 0.148 e. The van der Waals surface area contributed by atoms with Crippen molar-refractivity contribution in [2.45, 2.75) is 25.2 Å². The first-order valence-electron chi connectivity index (χ1n) is 5.26. The number of nitrogens with zero attached hydrogens (tertiary/aromatic N) is 1. The Morgan fingerprint density at radius 1 is 1.36 bits per heavy atom. The minimum Gasteiger partial charge on any atom is -0.351 e. The Labute approximate surface area is 84.5 Å². The second kappa shape index (κ2) is 2.81. The fourth-order valence-electron chi connectivity index (χ4n) is 2.75. The van der Waals surface area contributed by atoms with Crippen molar-refractivity contribution in [2.75, 3.05) is 13.6 Å². The first kappa shape index (κ1) is 8.45. The molecule has 1 unspecified atom stereocenters. The minimum absolute atomic E-state index is 0.0867. The summed E-state index contributed by atoms with van der Waals surface area (Å²) in [7, 11) is 2.16. The molecule has 2 nitrogen and oxygen atoms in total. The van der Waals surface area contributed by atoms with E-state index in [0.717, 1.165) is 19.6 Å². The third-order valence-corrected chi connectivity index (χ3v) is 3.53. The molecule has 0 bridgehead atoms. The molecule has 3 rings (SSSR count). The molecule has 74 valence electrons. The molecule has 0 N–H and O–H groups in total. The summed E-state index contributed by atoms with van der Waals surface area (Å²) in [5, 5.41) is 0. The predicted octanol–water partition coefficient (Wildman–Crippen LogP) is 2.10. The topological polar surface area (TPSA) is 12.5 Å². The number of hydrogen-bond acceptors (Lipinski definition) is 2. The van der Waals surface area contributed by atoms with E-state index in [9.17, 15) is 0 Å². The number of benzene rings is 1. The number of fused-ring (bicyclic) bond motifs is 2. The third-order valence-electron chi connectivity index (χ3n) is 3.53.